The van der Waals surface area contributed by atoms with E-state index >= 15 is 0 Å². The van der Waals surface area contributed by atoms with E-state index in [-0.39, 0.29) is 6.04 Å². The minimum Gasteiger partial charge on any atom is -0.318 e. The number of thiophene rings is 1. The van der Waals surface area contributed by atoms with Crippen LogP contribution in [0.3, 0.4) is 0 Å². The van der Waals surface area contributed by atoms with Gasteiger partial charge in [0.25, 0.3) is 0 Å². The molecule has 0 bridgehead atoms. The minimum atomic E-state index is -0.185. The minimum absolute atomic E-state index is 0.185. The fourth-order valence-corrected chi connectivity index (χ4v) is 2.95. The zero-order valence-corrected chi connectivity index (χ0v) is 10.8. The molecule has 0 aromatic carbocycles. The van der Waals surface area contributed by atoms with Crippen molar-refractivity contribution < 1.29 is 0 Å². The summed E-state index contributed by atoms with van der Waals surface area (Å²) in [5, 5.41) is 6.89. The highest BCUT2D eigenvalue weighted by atomic mass is 35.5. The maximum absolute atomic E-state index is 6.25. The Bertz CT molecular complexity index is 489. The number of nitrogens with two attached hydrogens (primary N) is 1. The summed E-state index contributed by atoms with van der Waals surface area (Å²) >= 11 is 7.79. The van der Waals surface area contributed by atoms with E-state index < -0.39 is 0 Å². The van der Waals surface area contributed by atoms with Crippen LogP contribution in [0.4, 0.5) is 0 Å². The highest BCUT2D eigenvalue weighted by molar-refractivity contribution is 7.10. The molecule has 2 N–H and O–H groups in total. The quantitative estimate of drug-likeness (QED) is 0.916. The van der Waals surface area contributed by atoms with Crippen molar-refractivity contribution in [2.75, 3.05) is 0 Å². The Morgan fingerprint density at radius 3 is 2.94 bits per heavy atom. The lowest BCUT2D eigenvalue weighted by atomic mass is 10.1. The normalized spacial score (nSPS) is 13.0. The lowest BCUT2D eigenvalue weighted by Crippen LogP contribution is -2.17. The Kier molecular flexibility index (Phi) is 3.33. The van der Waals surface area contributed by atoms with Gasteiger partial charge in [-0.15, -0.1) is 11.3 Å². The van der Waals surface area contributed by atoms with Gasteiger partial charge in [0.2, 0.25) is 0 Å². The van der Waals surface area contributed by atoms with Crippen LogP contribution in [0.15, 0.2) is 17.6 Å². The maximum Gasteiger partial charge on any atom is 0.0837 e. The van der Waals surface area contributed by atoms with Crippen molar-refractivity contribution in [1.29, 1.82) is 0 Å². The largest absolute Gasteiger partial charge is 0.318 e. The van der Waals surface area contributed by atoms with Gasteiger partial charge in [-0.3, -0.25) is 4.68 Å². The van der Waals surface area contributed by atoms with Gasteiger partial charge in [-0.25, -0.2) is 0 Å². The van der Waals surface area contributed by atoms with Crippen molar-refractivity contribution in [3.8, 4) is 0 Å². The number of aryl methyl sites for hydroxylation is 2. The molecule has 0 saturated heterocycles. The second kappa shape index (κ2) is 4.57. The highest BCUT2D eigenvalue weighted by Crippen LogP contribution is 2.31. The van der Waals surface area contributed by atoms with E-state index in [2.05, 4.69) is 18.1 Å². The van der Waals surface area contributed by atoms with Crippen LogP contribution >= 0.6 is 22.9 Å². The number of rotatable bonds is 3. The summed E-state index contributed by atoms with van der Waals surface area (Å²) < 4.78 is 1.85. The maximum atomic E-state index is 6.25. The Labute approximate surface area is 104 Å². The third kappa shape index (κ3) is 1.88. The third-order valence-electron chi connectivity index (χ3n) is 2.61. The van der Waals surface area contributed by atoms with Crippen LogP contribution in [-0.4, -0.2) is 9.78 Å². The topological polar surface area (TPSA) is 43.8 Å². The van der Waals surface area contributed by atoms with E-state index in [4.69, 9.17) is 17.3 Å². The van der Waals surface area contributed by atoms with Crippen molar-refractivity contribution in [1.82, 2.24) is 9.78 Å². The van der Waals surface area contributed by atoms with Crippen LogP contribution in [0.1, 0.15) is 29.1 Å². The van der Waals surface area contributed by atoms with Gasteiger partial charge < -0.3 is 5.73 Å². The molecule has 0 aliphatic heterocycles. The lowest BCUT2D eigenvalue weighted by Gasteiger charge is -2.13. The fraction of sp³-hybridized carbons (Fsp3) is 0.364. The molecule has 0 radical (unpaired) electrons. The van der Waals surface area contributed by atoms with E-state index in [1.807, 2.05) is 17.0 Å². The van der Waals surface area contributed by atoms with Gasteiger partial charge in [0.1, 0.15) is 0 Å². The highest BCUT2D eigenvalue weighted by Gasteiger charge is 2.20. The van der Waals surface area contributed by atoms with E-state index in [1.54, 1.807) is 17.5 Å². The molecule has 5 heteroatoms. The number of aromatic nitrogens is 2. The van der Waals surface area contributed by atoms with Crippen molar-refractivity contribution in [3.05, 3.63) is 38.8 Å². The predicted molar refractivity (Wildman–Crippen MR) is 68.0 cm³/mol. The Morgan fingerprint density at radius 1 is 1.62 bits per heavy atom. The van der Waals surface area contributed by atoms with Crippen molar-refractivity contribution in [3.63, 3.8) is 0 Å². The van der Waals surface area contributed by atoms with Crippen LogP contribution < -0.4 is 5.73 Å². The molecular weight excluding hydrogens is 242 g/mol. The summed E-state index contributed by atoms with van der Waals surface area (Å²) in [4.78, 5) is 1.15. The molecule has 0 aliphatic carbocycles. The number of hydrogen-bond donors (Lipinski definition) is 1. The van der Waals surface area contributed by atoms with Crippen molar-refractivity contribution in [2.24, 2.45) is 5.73 Å². The second-order valence-electron chi connectivity index (χ2n) is 3.64. The molecule has 2 aromatic rings. The fourth-order valence-electron chi connectivity index (χ4n) is 1.76. The van der Waals surface area contributed by atoms with Crippen LogP contribution in [0.5, 0.6) is 0 Å². The van der Waals surface area contributed by atoms with E-state index in [0.717, 1.165) is 17.1 Å². The first-order valence-electron chi connectivity index (χ1n) is 5.16. The Morgan fingerprint density at radius 2 is 2.38 bits per heavy atom. The molecular formula is C11H14ClN3S. The summed E-state index contributed by atoms with van der Waals surface area (Å²) in [7, 11) is 0. The van der Waals surface area contributed by atoms with E-state index in [1.165, 1.54) is 5.56 Å². The van der Waals surface area contributed by atoms with Crippen molar-refractivity contribution in [2.45, 2.75) is 26.4 Å². The molecule has 3 nitrogen and oxygen atoms in total. The summed E-state index contributed by atoms with van der Waals surface area (Å²) in [6.07, 6.45) is 1.66. The average molecular weight is 256 g/mol. The molecule has 2 rings (SSSR count). The number of halogens is 1. The van der Waals surface area contributed by atoms with Crippen LogP contribution in [0.25, 0.3) is 0 Å². The van der Waals surface area contributed by atoms with Gasteiger partial charge in [0.05, 0.1) is 23.0 Å². The van der Waals surface area contributed by atoms with Crippen LogP contribution in [0.2, 0.25) is 5.02 Å². The first-order chi connectivity index (χ1) is 7.65. The average Bonchev–Trinajstić information content (AvgIpc) is 2.83. The van der Waals surface area contributed by atoms with E-state index in [0.29, 0.717) is 5.02 Å². The molecule has 0 amide bonds. The van der Waals surface area contributed by atoms with Gasteiger partial charge in [-0.2, -0.15) is 5.10 Å². The van der Waals surface area contributed by atoms with Gasteiger partial charge in [0, 0.05) is 11.4 Å². The lowest BCUT2D eigenvalue weighted by molar-refractivity contribution is 0.603. The molecule has 0 fully saturated rings. The van der Waals surface area contributed by atoms with E-state index in [9.17, 15) is 0 Å². The Hall–Kier alpha value is -0.840. The molecule has 86 valence electrons. The number of hydrogen-bond acceptors (Lipinski definition) is 3. The summed E-state index contributed by atoms with van der Waals surface area (Å²) in [5.41, 5.74) is 8.35. The van der Waals surface area contributed by atoms with Crippen molar-refractivity contribution >= 4 is 22.9 Å². The zero-order chi connectivity index (χ0) is 11.7. The summed E-state index contributed by atoms with van der Waals surface area (Å²) in [6.45, 7) is 4.87. The molecule has 16 heavy (non-hydrogen) atoms. The molecule has 1 atom stereocenters. The zero-order valence-electron chi connectivity index (χ0n) is 9.27. The number of nitrogens with zero attached hydrogens (tertiary/aromatic N) is 2. The first-order valence-corrected chi connectivity index (χ1v) is 6.41. The van der Waals surface area contributed by atoms with Gasteiger partial charge in [-0.1, -0.05) is 11.6 Å². The molecule has 0 aliphatic rings. The molecule has 2 heterocycles. The SMILES string of the molecule is CCn1ncc(Cl)c1C(N)c1sccc1C. The van der Waals surface area contributed by atoms with Crippen LogP contribution in [-0.2, 0) is 6.54 Å². The van der Waals surface area contributed by atoms with Gasteiger partial charge in [0.15, 0.2) is 0 Å². The molecule has 0 spiro atoms. The third-order valence-corrected chi connectivity index (χ3v) is 4.00. The predicted octanol–water partition coefficient (Wildman–Crippen LogP) is 2.97. The first kappa shape index (κ1) is 11.6. The van der Waals surface area contributed by atoms with Crippen LogP contribution in [0, 0.1) is 6.92 Å². The van der Waals surface area contributed by atoms with Gasteiger partial charge in [-0.05, 0) is 30.9 Å². The summed E-state index contributed by atoms with van der Waals surface area (Å²) in [6, 6.07) is 1.88. The molecule has 0 saturated carbocycles. The second-order valence-corrected chi connectivity index (χ2v) is 4.99. The van der Waals surface area contributed by atoms with Gasteiger partial charge >= 0.3 is 0 Å². The smallest absolute Gasteiger partial charge is 0.0837 e. The molecule has 2 aromatic heterocycles. The standard InChI is InChI=1S/C11H14ClN3S/c1-3-15-10(8(12)6-14-15)9(13)11-7(2)4-5-16-11/h4-6,9H,3,13H2,1-2H3. The Balaban J connectivity index is 2.44. The monoisotopic (exact) mass is 255 g/mol. The summed E-state index contributed by atoms with van der Waals surface area (Å²) in [5.74, 6) is 0. The molecule has 1 unspecified atom stereocenters.